The molecule has 4 N–H and O–H groups in total. The zero-order valence-corrected chi connectivity index (χ0v) is 24.7. The summed E-state index contributed by atoms with van der Waals surface area (Å²) in [5.41, 5.74) is 16.3. The van der Waals surface area contributed by atoms with Gasteiger partial charge in [-0.15, -0.1) is 0 Å². The number of rotatable bonds is 12. The van der Waals surface area contributed by atoms with Gasteiger partial charge in [-0.25, -0.2) is 0 Å². The van der Waals surface area contributed by atoms with Crippen molar-refractivity contribution in [2.75, 3.05) is 32.5 Å². The minimum atomic E-state index is -2.03. The quantitative estimate of drug-likeness (QED) is 0.0667. The second-order valence-corrected chi connectivity index (χ2v) is 10.5. The van der Waals surface area contributed by atoms with Crippen LogP contribution in [0.4, 0.5) is 11.4 Å². The summed E-state index contributed by atoms with van der Waals surface area (Å²) in [4.78, 5) is 0. The zero-order valence-electron chi connectivity index (χ0n) is 24.7. The summed E-state index contributed by atoms with van der Waals surface area (Å²) in [5, 5.41) is 20.8. The summed E-state index contributed by atoms with van der Waals surface area (Å²) in [6.07, 6.45) is 0.564. The smallest absolute Gasteiger partial charge is 0.399 e. The largest absolute Gasteiger partial charge is 0.685 e. The van der Waals surface area contributed by atoms with Crippen LogP contribution in [-0.2, 0) is 15.9 Å². The maximum atomic E-state index is 10.4. The normalized spacial score (nSPS) is 12.6. The molecule has 1 atom stereocenters. The minimum absolute atomic E-state index is 0.206. The summed E-state index contributed by atoms with van der Waals surface area (Å²) < 4.78 is 11.5. The van der Waals surface area contributed by atoms with Gasteiger partial charge in [0.2, 0.25) is 0 Å². The number of likely N-dealkylation sites (N-methyl/N-ethyl adjacent to an activating group) is 1. The van der Waals surface area contributed by atoms with Crippen LogP contribution in [0.3, 0.4) is 0 Å². The molecule has 7 heteroatoms. The number of methoxy groups -OCH3 is 1. The fourth-order valence-electron chi connectivity index (χ4n) is 5.93. The standard InChI is InChI=1S/C36H38BN2O4/c1-3-39(24-25-42-2,43-37(40)41)36-32(28-18-10-5-11-19-28)31(26-27-16-8-4-9-17-27)35(38)33(29-20-12-6-13-21-29)34(36)30-22-14-7-15-23-30/h4-23,40-41H,3,24-26,38H2,1-2H3/q+1. The molecule has 0 aliphatic heterocycles. The number of benzene rings is 5. The molecule has 5 rings (SSSR count). The molecule has 0 saturated heterocycles. The number of anilines is 1. The van der Waals surface area contributed by atoms with E-state index < -0.39 is 7.32 Å². The zero-order chi connectivity index (χ0) is 30.2. The molecular formula is C36H38BN2O4+. The first-order valence-electron chi connectivity index (χ1n) is 14.6. The van der Waals surface area contributed by atoms with E-state index in [2.05, 4.69) is 48.5 Å². The molecule has 0 saturated carbocycles. The SMILES string of the molecule is CC[N+](CCOC)(OB(O)O)c1c(-c2ccccc2)c(Cc2ccccc2)c(N)c(-c2ccccc2)c1-c1ccccc1. The molecule has 0 radical (unpaired) electrons. The Bertz CT molecular complexity index is 1620. The third-order valence-electron chi connectivity index (χ3n) is 7.90. The van der Waals surface area contributed by atoms with E-state index in [1.165, 1.54) is 0 Å². The average molecular weight is 574 g/mol. The minimum Gasteiger partial charge on any atom is -0.399 e. The van der Waals surface area contributed by atoms with Crippen molar-refractivity contribution < 1.29 is 19.5 Å². The van der Waals surface area contributed by atoms with Crippen LogP contribution in [-0.4, -0.2) is 44.2 Å². The van der Waals surface area contributed by atoms with Gasteiger partial charge in [-0.05, 0) is 34.7 Å². The molecule has 43 heavy (non-hydrogen) atoms. The Labute approximate surface area is 254 Å². The number of hydrogen-bond acceptors (Lipinski definition) is 5. The van der Waals surface area contributed by atoms with Gasteiger partial charge in [0.15, 0.2) is 5.69 Å². The van der Waals surface area contributed by atoms with E-state index in [1.54, 1.807) is 7.11 Å². The Kier molecular flexibility index (Phi) is 9.72. The summed E-state index contributed by atoms with van der Waals surface area (Å²) in [5.74, 6) is 0. The molecule has 0 amide bonds. The van der Waals surface area contributed by atoms with Gasteiger partial charge in [-0.3, -0.25) is 0 Å². The Morgan fingerprint density at radius 3 is 1.60 bits per heavy atom. The van der Waals surface area contributed by atoms with E-state index in [-0.39, 0.29) is 4.65 Å². The fourth-order valence-corrected chi connectivity index (χ4v) is 5.93. The third-order valence-corrected chi connectivity index (χ3v) is 7.90. The predicted molar refractivity (Wildman–Crippen MR) is 177 cm³/mol. The molecule has 0 heterocycles. The van der Waals surface area contributed by atoms with Gasteiger partial charge in [0, 0.05) is 24.8 Å². The van der Waals surface area contributed by atoms with Crippen LogP contribution < -0.4 is 10.4 Å². The highest BCUT2D eigenvalue weighted by Crippen LogP contribution is 2.53. The van der Waals surface area contributed by atoms with Crippen LogP contribution in [0, 0.1) is 0 Å². The van der Waals surface area contributed by atoms with E-state index in [0.717, 1.165) is 50.2 Å². The van der Waals surface area contributed by atoms with Gasteiger partial charge in [0.25, 0.3) is 0 Å². The molecular weight excluding hydrogens is 535 g/mol. The lowest BCUT2D eigenvalue weighted by Crippen LogP contribution is -2.55. The van der Waals surface area contributed by atoms with Gasteiger partial charge in [0.1, 0.15) is 13.1 Å². The second kappa shape index (κ2) is 13.8. The number of hydrogen-bond donors (Lipinski definition) is 3. The maximum Gasteiger partial charge on any atom is 0.685 e. The lowest BCUT2D eigenvalue weighted by molar-refractivity contribution is -0.0904. The second-order valence-electron chi connectivity index (χ2n) is 10.5. The van der Waals surface area contributed by atoms with Crippen LogP contribution in [0.25, 0.3) is 33.4 Å². The van der Waals surface area contributed by atoms with Crippen molar-refractivity contribution >= 4 is 18.7 Å². The number of hydroxylamine groups is 2. The van der Waals surface area contributed by atoms with Crippen LogP contribution >= 0.6 is 0 Å². The monoisotopic (exact) mass is 573 g/mol. The highest BCUT2D eigenvalue weighted by atomic mass is 16.8. The first-order valence-corrected chi connectivity index (χ1v) is 14.6. The summed E-state index contributed by atoms with van der Waals surface area (Å²) in [7, 11) is -0.394. The third kappa shape index (κ3) is 6.42. The Hall–Kier alpha value is -4.24. The molecule has 5 aromatic carbocycles. The van der Waals surface area contributed by atoms with Crippen molar-refractivity contribution in [3.8, 4) is 33.4 Å². The van der Waals surface area contributed by atoms with Crippen LogP contribution in [0.15, 0.2) is 121 Å². The van der Waals surface area contributed by atoms with Gasteiger partial charge in [0.05, 0.1) is 17.7 Å². The summed E-state index contributed by atoms with van der Waals surface area (Å²) in [6, 6.07) is 40.6. The molecule has 0 spiro atoms. The van der Waals surface area contributed by atoms with Crippen molar-refractivity contribution in [1.82, 2.24) is 4.65 Å². The number of nitrogen functional groups attached to an aromatic ring is 1. The van der Waals surface area contributed by atoms with Crippen molar-refractivity contribution in [3.63, 3.8) is 0 Å². The van der Waals surface area contributed by atoms with Crippen molar-refractivity contribution in [3.05, 3.63) is 132 Å². The summed E-state index contributed by atoms with van der Waals surface area (Å²) in [6.45, 7) is 3.02. The Morgan fingerprint density at radius 2 is 1.14 bits per heavy atom. The first-order chi connectivity index (χ1) is 21.0. The molecule has 0 bridgehead atoms. The number of nitrogens with two attached hydrogens (primary N) is 1. The first kappa shape index (κ1) is 30.2. The van der Waals surface area contributed by atoms with Gasteiger partial charge < -0.3 is 20.5 Å². The Morgan fingerprint density at radius 1 is 0.674 bits per heavy atom. The highest BCUT2D eigenvalue weighted by molar-refractivity contribution is 6.32. The predicted octanol–water partition coefficient (Wildman–Crippen LogP) is 6.74. The lowest BCUT2D eigenvalue weighted by atomic mass is 9.81. The van der Waals surface area contributed by atoms with Crippen molar-refractivity contribution in [2.45, 2.75) is 13.3 Å². The molecule has 5 aromatic rings. The van der Waals surface area contributed by atoms with Crippen molar-refractivity contribution in [1.29, 1.82) is 0 Å². The highest BCUT2D eigenvalue weighted by Gasteiger charge is 2.43. The van der Waals surface area contributed by atoms with E-state index in [4.69, 9.17) is 15.2 Å². The molecule has 6 nitrogen and oxygen atoms in total. The molecule has 0 aliphatic carbocycles. The maximum absolute atomic E-state index is 10.4. The van der Waals surface area contributed by atoms with Gasteiger partial charge in [-0.1, -0.05) is 121 Å². The van der Waals surface area contributed by atoms with Gasteiger partial charge >= 0.3 is 7.32 Å². The van der Waals surface area contributed by atoms with E-state index >= 15 is 0 Å². The van der Waals surface area contributed by atoms with Crippen LogP contribution in [0.2, 0.25) is 0 Å². The van der Waals surface area contributed by atoms with E-state index in [0.29, 0.717) is 31.8 Å². The fraction of sp³-hybridized carbons (Fsp3) is 0.167. The summed E-state index contributed by atoms with van der Waals surface area (Å²) >= 11 is 0. The molecule has 0 fully saturated rings. The molecule has 0 aromatic heterocycles. The lowest BCUT2D eigenvalue weighted by Gasteiger charge is -2.38. The molecule has 0 aliphatic rings. The van der Waals surface area contributed by atoms with Crippen LogP contribution in [0.5, 0.6) is 0 Å². The van der Waals surface area contributed by atoms with Gasteiger partial charge in [-0.2, -0.15) is 9.40 Å². The molecule has 218 valence electrons. The molecule has 1 unspecified atom stereocenters. The number of nitrogens with zero attached hydrogens (tertiary/aromatic N) is 1. The average Bonchev–Trinajstić information content (AvgIpc) is 3.05. The van der Waals surface area contributed by atoms with E-state index in [9.17, 15) is 10.0 Å². The topological polar surface area (TPSA) is 84.9 Å². The number of ether oxygens (including phenoxy) is 1. The van der Waals surface area contributed by atoms with Crippen molar-refractivity contribution in [2.24, 2.45) is 0 Å². The van der Waals surface area contributed by atoms with Crippen LogP contribution in [0.1, 0.15) is 18.1 Å². The Balaban J connectivity index is 2.04. The number of quaternary nitrogens is 1. The van der Waals surface area contributed by atoms with E-state index in [1.807, 2.05) is 79.7 Å².